The fourth-order valence-corrected chi connectivity index (χ4v) is 12.6. The molecule has 0 bridgehead atoms. The monoisotopic (exact) mass is 1560 g/mol. The molecule has 0 fully saturated rings. The van der Waals surface area contributed by atoms with Crippen molar-refractivity contribution in [3.63, 3.8) is 0 Å². The summed E-state index contributed by atoms with van der Waals surface area (Å²) in [6.07, 6.45) is -0.794. The van der Waals surface area contributed by atoms with Crippen LogP contribution in [0.4, 0.5) is 28.4 Å². The van der Waals surface area contributed by atoms with E-state index in [1.165, 1.54) is 36.0 Å². The van der Waals surface area contributed by atoms with Gasteiger partial charge in [-0.15, -0.1) is 11.8 Å². The maximum Gasteiger partial charge on any atom is 0.313 e. The third-order valence-electron chi connectivity index (χ3n) is 15.9. The number of hydrogen-bond donors (Lipinski definition) is 11. The normalized spacial score (nSPS) is 10.7. The molecular weight excluding hydrogens is 1500 g/mol. The standard InChI is InChI=1S/C28H22Cl2N2O6.C28H23ClN2O6.C23H21Cl2NO5S/c1-15-12-23(22(30)14-21(15)29)32-28(37)20-13-24(18-4-2-3-5-19(18)27(20)36)38-17-8-6-16(7-9-17)31-25(33)10-11-26(34)35;1-16-6-11-23(22(29)14-16)31-28(36)21-15-24(19-4-2-3-5-20(19)27(21)35)37-18-9-7-17(8-10-18)30-25(32)12-13-26(33)34;1-12-8-16(24)21(17(25)9-12)26-23(30)15-10-18(31-6-7-32-11-19(27)28)20-13(2)4-3-5-14(20)22(15)29/h2-9,12-14,36H,10-11H2,1H3,(H,31,33)(H,32,37)(H,34,35);2-11,14-15,35H,12-13H2,1H3,(H,30,32)(H,31,36)(H,33,34);3-5,8-10,29H,6-7,11H2,1-2H3,(H,26,30)(H,27,28). The number of halogens is 5. The molecule has 0 aliphatic carbocycles. The highest BCUT2D eigenvalue weighted by molar-refractivity contribution is 7.99. The van der Waals surface area contributed by atoms with Gasteiger partial charge in [0.15, 0.2) is 0 Å². The van der Waals surface area contributed by atoms with Crippen LogP contribution in [0, 0.1) is 27.7 Å². The zero-order valence-electron chi connectivity index (χ0n) is 57.2. The number of phenolic OH excluding ortho intramolecular Hbond substituents is 3. The molecule has 550 valence electrons. The second-order valence-electron chi connectivity index (χ2n) is 23.9. The van der Waals surface area contributed by atoms with Crippen LogP contribution in [0.5, 0.6) is 46.0 Å². The Morgan fingerprint density at radius 2 is 0.832 bits per heavy atom. The summed E-state index contributed by atoms with van der Waals surface area (Å²) >= 11 is 32.3. The fourth-order valence-electron chi connectivity index (χ4n) is 10.6. The van der Waals surface area contributed by atoms with Crippen LogP contribution in [0.3, 0.4) is 0 Å². The maximum atomic E-state index is 13.2. The first-order chi connectivity index (χ1) is 51.0. The lowest BCUT2D eigenvalue weighted by atomic mass is 9.99. The Kier molecular flexibility index (Phi) is 27.2. The average Bonchev–Trinajstić information content (AvgIpc) is 0.781. The number of carboxylic acids is 3. The minimum absolute atomic E-state index is 0.00370. The smallest absolute Gasteiger partial charge is 0.313 e. The molecule has 0 heterocycles. The van der Waals surface area contributed by atoms with Gasteiger partial charge < -0.3 is 71.4 Å². The van der Waals surface area contributed by atoms with E-state index in [-0.39, 0.29) is 92.7 Å². The number of aryl methyl sites for hydroxylation is 4. The number of amides is 5. The van der Waals surface area contributed by atoms with Gasteiger partial charge in [0.05, 0.1) is 79.0 Å². The molecule has 28 heteroatoms. The highest BCUT2D eigenvalue weighted by Crippen LogP contribution is 2.43. The van der Waals surface area contributed by atoms with E-state index < -0.39 is 47.4 Å². The molecule has 11 rings (SSSR count). The van der Waals surface area contributed by atoms with E-state index in [0.717, 1.165) is 22.3 Å². The van der Waals surface area contributed by atoms with Crippen molar-refractivity contribution in [2.75, 3.05) is 44.7 Å². The molecule has 5 amide bonds. The Balaban J connectivity index is 0.000000186. The summed E-state index contributed by atoms with van der Waals surface area (Å²) < 4.78 is 18.0. The number of ether oxygens (including phenoxy) is 3. The van der Waals surface area contributed by atoms with Gasteiger partial charge in [-0.2, -0.15) is 0 Å². The van der Waals surface area contributed by atoms with Crippen LogP contribution >= 0.6 is 69.8 Å². The largest absolute Gasteiger partial charge is 0.506 e. The molecule has 0 aliphatic heterocycles. The molecule has 22 nitrogen and oxygen atoms in total. The summed E-state index contributed by atoms with van der Waals surface area (Å²) in [7, 11) is 0. The van der Waals surface area contributed by atoms with Crippen molar-refractivity contribution in [3.8, 4) is 46.0 Å². The third kappa shape index (κ3) is 21.2. The number of benzene rings is 11. The number of phenols is 3. The Hall–Kier alpha value is -11.4. The first kappa shape index (κ1) is 79.7. The van der Waals surface area contributed by atoms with Crippen LogP contribution in [0.25, 0.3) is 32.3 Å². The fraction of sp³-hybridized carbons (Fsp3) is 0.139. The van der Waals surface area contributed by atoms with Crippen molar-refractivity contribution < 1.29 is 83.2 Å². The molecule has 0 radical (unpaired) electrons. The molecule has 11 aromatic carbocycles. The second-order valence-corrected chi connectivity index (χ2v) is 27.0. The average molecular weight is 1570 g/mol. The van der Waals surface area contributed by atoms with Crippen molar-refractivity contribution in [2.24, 2.45) is 0 Å². The van der Waals surface area contributed by atoms with Crippen LogP contribution < -0.4 is 40.8 Å². The first-order valence-corrected chi connectivity index (χ1v) is 35.4. The second kappa shape index (κ2) is 36.5. The van der Waals surface area contributed by atoms with Crippen molar-refractivity contribution in [3.05, 3.63) is 240 Å². The Labute approximate surface area is 641 Å². The molecule has 0 aromatic heterocycles. The van der Waals surface area contributed by atoms with Gasteiger partial charge in [-0.3, -0.25) is 38.4 Å². The van der Waals surface area contributed by atoms with Gasteiger partial charge in [0.1, 0.15) is 46.0 Å². The molecule has 0 atom stereocenters. The van der Waals surface area contributed by atoms with E-state index in [1.807, 2.05) is 32.9 Å². The minimum Gasteiger partial charge on any atom is -0.506 e. The molecule has 0 spiro atoms. The number of nitrogens with one attached hydrogen (secondary N) is 5. The molecule has 0 unspecified atom stereocenters. The van der Waals surface area contributed by atoms with Gasteiger partial charge in [0, 0.05) is 67.3 Å². The highest BCUT2D eigenvalue weighted by Gasteiger charge is 2.25. The lowest BCUT2D eigenvalue weighted by Crippen LogP contribution is -2.14. The molecule has 0 saturated carbocycles. The number of hydrogen-bond acceptors (Lipinski definition) is 15. The predicted octanol–water partition coefficient (Wildman–Crippen LogP) is 19.3. The van der Waals surface area contributed by atoms with E-state index >= 15 is 0 Å². The van der Waals surface area contributed by atoms with Gasteiger partial charge in [-0.1, -0.05) is 131 Å². The van der Waals surface area contributed by atoms with Crippen LogP contribution in [0.2, 0.25) is 25.1 Å². The SMILES string of the molecule is Cc1cc(Cl)c(NC(=O)c2cc(OCCSCC(=O)O)c3c(C)cccc3c2O)c(Cl)c1.Cc1cc(NC(=O)c2cc(Oc3ccc(NC(=O)CCC(=O)O)cc3)c3ccccc3c2O)c(Cl)cc1Cl.Cc1ccc(NC(=O)c2cc(Oc3ccc(NC(=O)CCC(=O)O)cc3)c3ccccc3c2O)c(Cl)c1. The number of carbonyl (C=O) groups excluding carboxylic acids is 5. The van der Waals surface area contributed by atoms with Crippen LogP contribution in [0.15, 0.2) is 176 Å². The molecule has 0 saturated heterocycles. The lowest BCUT2D eigenvalue weighted by molar-refractivity contribution is -0.138. The zero-order chi connectivity index (χ0) is 77.3. The number of carbonyl (C=O) groups is 8. The van der Waals surface area contributed by atoms with Gasteiger partial charge in [-0.05, 0) is 153 Å². The number of fused-ring (bicyclic) bond motifs is 3. The van der Waals surface area contributed by atoms with E-state index in [9.17, 15) is 53.7 Å². The van der Waals surface area contributed by atoms with E-state index in [2.05, 4.69) is 26.6 Å². The van der Waals surface area contributed by atoms with Crippen molar-refractivity contribution in [2.45, 2.75) is 53.4 Å². The molecule has 0 aliphatic rings. The third-order valence-corrected chi connectivity index (χ3v) is 18.4. The molecular formula is C79H66Cl5N5O17S. The number of anilines is 5. The highest BCUT2D eigenvalue weighted by atomic mass is 35.5. The summed E-state index contributed by atoms with van der Waals surface area (Å²) in [6, 6.07) is 48.3. The molecule has 107 heavy (non-hydrogen) atoms. The maximum absolute atomic E-state index is 13.2. The van der Waals surface area contributed by atoms with Crippen molar-refractivity contribution in [1.29, 1.82) is 0 Å². The number of aromatic hydroxyl groups is 3. The minimum atomic E-state index is -1.05. The Morgan fingerprint density at radius 3 is 1.32 bits per heavy atom. The Morgan fingerprint density at radius 1 is 0.393 bits per heavy atom. The zero-order valence-corrected chi connectivity index (χ0v) is 61.8. The summed E-state index contributed by atoms with van der Waals surface area (Å²) in [5.74, 6) is -3.83. The van der Waals surface area contributed by atoms with Crippen molar-refractivity contribution in [1.82, 2.24) is 0 Å². The number of carboxylic acid groups (broad SMARTS) is 3. The number of thioether (sulfide) groups is 1. The lowest BCUT2D eigenvalue weighted by Gasteiger charge is -2.16. The summed E-state index contributed by atoms with van der Waals surface area (Å²) in [5.41, 5.74) is 5.31. The molecule has 11 N–H and O–H groups in total. The predicted molar refractivity (Wildman–Crippen MR) is 419 cm³/mol. The quantitative estimate of drug-likeness (QED) is 0.0250. The summed E-state index contributed by atoms with van der Waals surface area (Å²) in [5, 5.41) is 77.0. The van der Waals surface area contributed by atoms with Gasteiger partial charge >= 0.3 is 17.9 Å². The summed E-state index contributed by atoms with van der Waals surface area (Å²) in [4.78, 5) is 95.0. The van der Waals surface area contributed by atoms with Gasteiger partial charge in [0.2, 0.25) is 11.8 Å². The van der Waals surface area contributed by atoms with Crippen LogP contribution in [-0.2, 0) is 24.0 Å². The Bertz CT molecular complexity index is 5260. The van der Waals surface area contributed by atoms with Crippen molar-refractivity contribution >= 4 is 178 Å². The summed E-state index contributed by atoms with van der Waals surface area (Å²) in [6.45, 7) is 7.61. The number of rotatable bonds is 24. The van der Waals surface area contributed by atoms with E-state index in [0.29, 0.717) is 99.6 Å². The van der Waals surface area contributed by atoms with E-state index in [1.54, 1.807) is 146 Å². The van der Waals surface area contributed by atoms with Crippen LogP contribution in [-0.4, -0.2) is 96.2 Å². The first-order valence-electron chi connectivity index (χ1n) is 32.4. The van der Waals surface area contributed by atoms with Gasteiger partial charge in [0.25, 0.3) is 17.7 Å². The van der Waals surface area contributed by atoms with Crippen LogP contribution in [0.1, 0.15) is 79.0 Å². The van der Waals surface area contributed by atoms with E-state index in [4.69, 9.17) is 87.5 Å². The topological polar surface area (TPSA) is 346 Å². The van der Waals surface area contributed by atoms with Gasteiger partial charge in [-0.25, -0.2) is 0 Å². The molecule has 11 aromatic rings. The number of aliphatic carboxylic acids is 3.